The smallest absolute Gasteiger partial charge is 0.433 e. The first-order chi connectivity index (χ1) is 14.7. The minimum Gasteiger partial charge on any atom is -0.465 e. The summed E-state index contributed by atoms with van der Waals surface area (Å²) < 4.78 is 47.4. The molecule has 31 heavy (non-hydrogen) atoms. The molecule has 0 spiro atoms. The zero-order valence-corrected chi connectivity index (χ0v) is 17.4. The van der Waals surface area contributed by atoms with E-state index in [1.54, 1.807) is 24.8 Å². The van der Waals surface area contributed by atoms with Gasteiger partial charge in [0.05, 0.1) is 11.3 Å². The molecule has 1 saturated carbocycles. The number of carbonyl (C=O) groups is 1. The van der Waals surface area contributed by atoms with Crippen LogP contribution in [-0.4, -0.2) is 38.5 Å². The lowest BCUT2D eigenvalue weighted by molar-refractivity contribution is -0.142. The van der Waals surface area contributed by atoms with Gasteiger partial charge in [0.25, 0.3) is 5.91 Å². The molecule has 3 aromatic heterocycles. The molecule has 1 saturated heterocycles. The molecular formula is C22H23F3N4O2. The van der Waals surface area contributed by atoms with E-state index in [0.29, 0.717) is 54.6 Å². The lowest BCUT2D eigenvalue weighted by Gasteiger charge is -2.32. The van der Waals surface area contributed by atoms with Gasteiger partial charge in [-0.1, -0.05) is 0 Å². The third-order valence-electron chi connectivity index (χ3n) is 6.21. The summed E-state index contributed by atoms with van der Waals surface area (Å²) in [4.78, 5) is 19.2. The first-order valence-corrected chi connectivity index (χ1v) is 10.5. The van der Waals surface area contributed by atoms with Gasteiger partial charge in [0.15, 0.2) is 5.65 Å². The fourth-order valence-electron chi connectivity index (χ4n) is 4.35. The molecule has 164 valence electrons. The number of furan rings is 1. The number of fused-ring (bicyclic) bond motifs is 1. The molecule has 1 aliphatic carbocycles. The first-order valence-electron chi connectivity index (χ1n) is 10.5. The van der Waals surface area contributed by atoms with Crippen molar-refractivity contribution in [3.05, 3.63) is 52.4 Å². The van der Waals surface area contributed by atoms with E-state index in [0.717, 1.165) is 29.2 Å². The van der Waals surface area contributed by atoms with Crippen molar-refractivity contribution in [2.45, 2.75) is 57.5 Å². The van der Waals surface area contributed by atoms with Crippen LogP contribution in [0.25, 0.3) is 5.65 Å². The number of amides is 1. The molecule has 6 nitrogen and oxygen atoms in total. The molecule has 2 fully saturated rings. The van der Waals surface area contributed by atoms with Gasteiger partial charge in [0, 0.05) is 36.7 Å². The first kappa shape index (κ1) is 20.1. The number of aromatic nitrogens is 3. The quantitative estimate of drug-likeness (QED) is 0.593. The second-order valence-corrected chi connectivity index (χ2v) is 8.58. The Morgan fingerprint density at radius 3 is 2.42 bits per heavy atom. The summed E-state index contributed by atoms with van der Waals surface area (Å²) in [6, 6.07) is 4.51. The summed E-state index contributed by atoms with van der Waals surface area (Å²) >= 11 is 0. The van der Waals surface area contributed by atoms with Gasteiger partial charge in [0.2, 0.25) is 0 Å². The molecule has 0 radical (unpaired) electrons. The Morgan fingerprint density at radius 1 is 1.06 bits per heavy atom. The van der Waals surface area contributed by atoms with Gasteiger partial charge in [-0.15, -0.1) is 0 Å². The predicted molar refractivity (Wildman–Crippen MR) is 106 cm³/mol. The maximum Gasteiger partial charge on any atom is 0.433 e. The van der Waals surface area contributed by atoms with Crippen molar-refractivity contribution in [3.8, 4) is 0 Å². The minimum absolute atomic E-state index is 0.0718. The fourth-order valence-corrected chi connectivity index (χ4v) is 4.35. The Balaban J connectivity index is 1.34. The Bertz CT molecular complexity index is 1150. The molecule has 9 heteroatoms. The van der Waals surface area contributed by atoms with Gasteiger partial charge < -0.3 is 9.32 Å². The topological polar surface area (TPSA) is 63.6 Å². The number of alkyl halides is 3. The van der Waals surface area contributed by atoms with Gasteiger partial charge in [-0.2, -0.15) is 18.3 Å². The second kappa shape index (κ2) is 7.10. The van der Waals surface area contributed by atoms with Crippen LogP contribution in [-0.2, 0) is 6.18 Å². The molecule has 3 aromatic rings. The number of likely N-dealkylation sites (tertiary alicyclic amines) is 1. The van der Waals surface area contributed by atoms with E-state index in [-0.39, 0.29) is 17.5 Å². The third-order valence-corrected chi connectivity index (χ3v) is 6.21. The molecule has 0 N–H and O–H groups in total. The van der Waals surface area contributed by atoms with Crippen molar-refractivity contribution in [2.24, 2.45) is 0 Å². The minimum atomic E-state index is -4.52. The number of carbonyl (C=O) groups excluding carboxylic acids is 1. The molecule has 4 heterocycles. The lowest BCUT2D eigenvalue weighted by Crippen LogP contribution is -2.38. The predicted octanol–water partition coefficient (Wildman–Crippen LogP) is 4.86. The van der Waals surface area contributed by atoms with Crippen LogP contribution in [0.5, 0.6) is 0 Å². The molecule has 2 aliphatic rings. The molecule has 0 atom stereocenters. The summed E-state index contributed by atoms with van der Waals surface area (Å²) in [5.74, 6) is 1.73. The number of hydrogen-bond donors (Lipinski definition) is 0. The van der Waals surface area contributed by atoms with E-state index < -0.39 is 11.9 Å². The number of hydrogen-bond acceptors (Lipinski definition) is 4. The largest absolute Gasteiger partial charge is 0.465 e. The van der Waals surface area contributed by atoms with Crippen molar-refractivity contribution < 1.29 is 22.4 Å². The molecule has 5 rings (SSSR count). The van der Waals surface area contributed by atoms with E-state index in [4.69, 9.17) is 4.42 Å². The highest BCUT2D eigenvalue weighted by Gasteiger charge is 2.37. The zero-order chi connectivity index (χ0) is 21.9. The van der Waals surface area contributed by atoms with Crippen molar-refractivity contribution >= 4 is 11.6 Å². The Labute approximate surface area is 177 Å². The van der Waals surface area contributed by atoms with E-state index in [1.807, 2.05) is 6.07 Å². The fraction of sp³-hybridized carbons (Fsp3) is 0.500. The summed E-state index contributed by atoms with van der Waals surface area (Å²) in [6.07, 6.45) is -1.21. The highest BCUT2D eigenvalue weighted by Crippen LogP contribution is 2.42. The van der Waals surface area contributed by atoms with Crippen LogP contribution in [0.4, 0.5) is 13.2 Å². The maximum absolute atomic E-state index is 13.6. The van der Waals surface area contributed by atoms with Crippen molar-refractivity contribution in [2.75, 3.05) is 13.1 Å². The molecule has 1 amide bonds. The SMILES string of the molecule is Cc1cc2nc(C3CCN(C(=O)c4cc(C5CC5)oc4C)CC3)cc(C(F)(F)F)n2n1. The summed E-state index contributed by atoms with van der Waals surface area (Å²) in [5.41, 5.74) is 0.858. The van der Waals surface area contributed by atoms with Crippen LogP contribution in [0.2, 0.25) is 0 Å². The average Bonchev–Trinajstić information content (AvgIpc) is 3.39. The van der Waals surface area contributed by atoms with Crippen LogP contribution < -0.4 is 0 Å². The molecular weight excluding hydrogens is 409 g/mol. The number of piperidine rings is 1. The monoisotopic (exact) mass is 432 g/mol. The van der Waals surface area contributed by atoms with Crippen molar-refractivity contribution in [3.63, 3.8) is 0 Å². The third kappa shape index (κ3) is 3.70. The van der Waals surface area contributed by atoms with Crippen LogP contribution in [0.15, 0.2) is 22.6 Å². The summed E-state index contributed by atoms with van der Waals surface area (Å²) in [7, 11) is 0. The van der Waals surface area contributed by atoms with Gasteiger partial charge in [-0.05, 0) is 51.7 Å². The van der Waals surface area contributed by atoms with Crippen molar-refractivity contribution in [1.29, 1.82) is 0 Å². The number of nitrogens with zero attached hydrogens (tertiary/aromatic N) is 4. The van der Waals surface area contributed by atoms with Gasteiger partial charge in [-0.25, -0.2) is 9.50 Å². The van der Waals surface area contributed by atoms with E-state index in [9.17, 15) is 18.0 Å². The normalized spacial score (nSPS) is 18.2. The molecule has 0 aromatic carbocycles. The Kier molecular flexibility index (Phi) is 4.60. The molecule has 1 aliphatic heterocycles. The Hall–Kier alpha value is -2.84. The lowest BCUT2D eigenvalue weighted by atomic mass is 9.92. The van der Waals surface area contributed by atoms with Crippen LogP contribution in [0, 0.1) is 13.8 Å². The number of halogens is 3. The second-order valence-electron chi connectivity index (χ2n) is 8.58. The van der Waals surface area contributed by atoms with Crippen LogP contribution >= 0.6 is 0 Å². The standard InChI is InChI=1S/C22H23F3N4O2/c1-12-9-20-26-17(11-19(22(23,24)25)29(20)27-12)14-5-7-28(8-6-14)21(30)16-10-18(15-3-4-15)31-13(16)2/h9-11,14-15H,3-8H2,1-2H3. The zero-order valence-electron chi connectivity index (χ0n) is 17.4. The van der Waals surface area contributed by atoms with Gasteiger partial charge >= 0.3 is 6.18 Å². The summed E-state index contributed by atoms with van der Waals surface area (Å²) in [5, 5.41) is 3.93. The van der Waals surface area contributed by atoms with E-state index in [2.05, 4.69) is 10.1 Å². The number of aryl methyl sites for hydroxylation is 2. The average molecular weight is 432 g/mol. The van der Waals surface area contributed by atoms with Crippen molar-refractivity contribution in [1.82, 2.24) is 19.5 Å². The van der Waals surface area contributed by atoms with E-state index in [1.165, 1.54) is 0 Å². The Morgan fingerprint density at radius 2 is 1.77 bits per heavy atom. The van der Waals surface area contributed by atoms with E-state index >= 15 is 0 Å². The van der Waals surface area contributed by atoms with Crippen LogP contribution in [0.3, 0.4) is 0 Å². The van der Waals surface area contributed by atoms with Gasteiger partial charge in [0.1, 0.15) is 17.2 Å². The number of rotatable bonds is 3. The molecule has 0 bridgehead atoms. The van der Waals surface area contributed by atoms with Gasteiger partial charge in [-0.3, -0.25) is 4.79 Å². The summed E-state index contributed by atoms with van der Waals surface area (Å²) in [6.45, 7) is 4.39. The highest BCUT2D eigenvalue weighted by atomic mass is 19.4. The maximum atomic E-state index is 13.6. The van der Waals surface area contributed by atoms with Crippen LogP contribution in [0.1, 0.15) is 76.5 Å². The highest BCUT2D eigenvalue weighted by molar-refractivity contribution is 5.95. The molecule has 0 unspecified atom stereocenters.